The molecule has 0 bridgehead atoms. The number of halogens is 3. The Labute approximate surface area is 211 Å². The lowest BCUT2D eigenvalue weighted by Crippen LogP contribution is -2.47. The first-order chi connectivity index (χ1) is 17.5. The number of fused-ring (bicyclic) bond motifs is 1. The van der Waals surface area contributed by atoms with Crippen LogP contribution in [0.4, 0.5) is 13.2 Å². The maximum Gasteiger partial charge on any atom is 0.433 e. The first kappa shape index (κ1) is 26.4. The van der Waals surface area contributed by atoms with Crippen LogP contribution >= 0.6 is 0 Å². The lowest BCUT2D eigenvalue weighted by molar-refractivity contribution is -0.141. The van der Waals surface area contributed by atoms with Crippen LogP contribution in [0.2, 0.25) is 0 Å². The summed E-state index contributed by atoms with van der Waals surface area (Å²) in [5.41, 5.74) is 5.14. The van der Waals surface area contributed by atoms with Crippen molar-refractivity contribution >= 4 is 22.7 Å². The summed E-state index contributed by atoms with van der Waals surface area (Å²) in [6.07, 6.45) is -2.41. The molecule has 0 aliphatic carbocycles. The van der Waals surface area contributed by atoms with Gasteiger partial charge in [0.25, 0.3) is 5.91 Å². The van der Waals surface area contributed by atoms with Crippen LogP contribution in [0.5, 0.6) is 5.75 Å². The van der Waals surface area contributed by atoms with Gasteiger partial charge in [-0.05, 0) is 50.5 Å². The van der Waals surface area contributed by atoms with Gasteiger partial charge in [-0.1, -0.05) is 6.92 Å². The van der Waals surface area contributed by atoms with E-state index in [1.54, 1.807) is 24.8 Å². The number of hydrogen-bond acceptors (Lipinski definition) is 7. The minimum absolute atomic E-state index is 0.0226. The van der Waals surface area contributed by atoms with Gasteiger partial charge in [0, 0.05) is 24.0 Å². The molecule has 198 valence electrons. The van der Waals surface area contributed by atoms with Gasteiger partial charge in [-0.3, -0.25) is 9.59 Å². The number of rotatable bonds is 7. The average Bonchev–Trinajstić information content (AvgIpc) is 3.56. The summed E-state index contributed by atoms with van der Waals surface area (Å²) in [5.74, 6) is -0.595. The maximum atomic E-state index is 13.3. The van der Waals surface area contributed by atoms with E-state index >= 15 is 0 Å². The van der Waals surface area contributed by atoms with Crippen LogP contribution < -0.4 is 15.8 Å². The van der Waals surface area contributed by atoms with E-state index in [-0.39, 0.29) is 39.9 Å². The molecular formula is C25H28F3N5O4. The molecule has 9 nitrogen and oxygen atoms in total. The summed E-state index contributed by atoms with van der Waals surface area (Å²) in [6.45, 7) is 4.71. The van der Waals surface area contributed by atoms with Crippen LogP contribution in [0.15, 0.2) is 28.7 Å². The van der Waals surface area contributed by atoms with Crippen LogP contribution in [0.3, 0.4) is 0 Å². The van der Waals surface area contributed by atoms with Gasteiger partial charge in [0.15, 0.2) is 11.5 Å². The molecule has 1 aliphatic heterocycles. The van der Waals surface area contributed by atoms with Crippen LogP contribution in [-0.2, 0) is 11.0 Å². The fourth-order valence-electron chi connectivity index (χ4n) is 4.34. The number of ether oxygens (including phenoxy) is 1. The highest BCUT2D eigenvalue weighted by molar-refractivity contribution is 5.99. The van der Waals surface area contributed by atoms with E-state index in [4.69, 9.17) is 14.9 Å². The Hall–Kier alpha value is -3.67. The van der Waals surface area contributed by atoms with Gasteiger partial charge in [-0.25, -0.2) is 9.97 Å². The second-order valence-electron chi connectivity index (χ2n) is 8.89. The minimum Gasteiger partial charge on any atom is -0.494 e. The smallest absolute Gasteiger partial charge is 0.433 e. The number of carbonyl (C=O) groups excluding carboxylic acids is 2. The molecule has 0 radical (unpaired) electrons. The molecule has 12 heteroatoms. The summed E-state index contributed by atoms with van der Waals surface area (Å²) in [4.78, 5) is 35.9. The van der Waals surface area contributed by atoms with Crippen molar-refractivity contribution in [1.29, 1.82) is 0 Å². The summed E-state index contributed by atoms with van der Waals surface area (Å²) in [7, 11) is 1.33. The number of carbonyl (C=O) groups is 2. The Morgan fingerprint density at radius 1 is 1.19 bits per heavy atom. The third kappa shape index (κ3) is 5.24. The van der Waals surface area contributed by atoms with E-state index in [0.29, 0.717) is 25.1 Å². The molecular weight excluding hydrogens is 491 g/mol. The molecule has 2 atom stereocenters. The van der Waals surface area contributed by atoms with Crippen molar-refractivity contribution in [2.75, 3.05) is 20.2 Å². The molecule has 37 heavy (non-hydrogen) atoms. The molecule has 1 fully saturated rings. The monoisotopic (exact) mass is 519 g/mol. The second kappa shape index (κ2) is 10.4. The van der Waals surface area contributed by atoms with Crippen molar-refractivity contribution in [3.05, 3.63) is 41.4 Å². The number of hydrogen-bond donors (Lipinski definition) is 2. The zero-order valence-electron chi connectivity index (χ0n) is 20.7. The minimum atomic E-state index is -4.64. The van der Waals surface area contributed by atoms with Crippen molar-refractivity contribution in [3.63, 3.8) is 0 Å². The van der Waals surface area contributed by atoms with E-state index in [0.717, 1.165) is 18.9 Å². The fourth-order valence-corrected chi connectivity index (χ4v) is 4.34. The van der Waals surface area contributed by atoms with Gasteiger partial charge in [-0.15, -0.1) is 0 Å². The van der Waals surface area contributed by atoms with Crippen molar-refractivity contribution in [1.82, 2.24) is 20.2 Å². The number of alkyl halides is 3. The van der Waals surface area contributed by atoms with E-state index < -0.39 is 29.9 Å². The van der Waals surface area contributed by atoms with Crippen molar-refractivity contribution in [2.24, 2.45) is 5.73 Å². The first-order valence-electron chi connectivity index (χ1n) is 12.0. The summed E-state index contributed by atoms with van der Waals surface area (Å²) in [6, 6.07) is 3.64. The Balaban J connectivity index is 1.73. The number of benzene rings is 1. The number of nitrogens with two attached hydrogens (primary N) is 1. The van der Waals surface area contributed by atoms with Crippen molar-refractivity contribution < 1.29 is 31.9 Å². The van der Waals surface area contributed by atoms with Gasteiger partial charge in [-0.2, -0.15) is 13.2 Å². The predicted octanol–water partition coefficient (Wildman–Crippen LogP) is 4.07. The number of aromatic nitrogens is 2. The highest BCUT2D eigenvalue weighted by Crippen LogP contribution is 2.37. The second-order valence-corrected chi connectivity index (χ2v) is 8.89. The van der Waals surface area contributed by atoms with E-state index in [1.807, 2.05) is 0 Å². The highest BCUT2D eigenvalue weighted by atomic mass is 19.4. The third-order valence-corrected chi connectivity index (χ3v) is 6.27. The van der Waals surface area contributed by atoms with Crippen molar-refractivity contribution in [2.45, 2.75) is 51.4 Å². The number of amides is 2. The van der Waals surface area contributed by atoms with Gasteiger partial charge >= 0.3 is 6.18 Å². The molecule has 2 amide bonds. The molecule has 4 rings (SSSR count). The van der Waals surface area contributed by atoms with Crippen LogP contribution in [0.25, 0.3) is 22.4 Å². The normalized spacial score (nSPS) is 15.6. The van der Waals surface area contributed by atoms with Gasteiger partial charge in [0.2, 0.25) is 11.8 Å². The number of nitrogens with one attached hydrogen (secondary N) is 1. The largest absolute Gasteiger partial charge is 0.494 e. The maximum absolute atomic E-state index is 13.3. The van der Waals surface area contributed by atoms with Crippen molar-refractivity contribution in [3.8, 4) is 17.2 Å². The van der Waals surface area contributed by atoms with Gasteiger partial charge < -0.3 is 25.1 Å². The van der Waals surface area contributed by atoms with Crippen LogP contribution in [0.1, 0.15) is 61.1 Å². The quantitative estimate of drug-likeness (QED) is 0.482. The molecule has 0 unspecified atom stereocenters. The Morgan fingerprint density at radius 2 is 1.89 bits per heavy atom. The molecule has 0 saturated carbocycles. The standard InChI is InChI=1S/C25H28F3N5O4/c1-4-16(24(35)33-11-5-6-12-33)30-22(34)20-21(13(2)29)37-23(32-20)15-7-9-17(36-3)19-14(15)8-10-18(31-19)25(26,27)28/h7-10,13,16H,4-6,11-12,29H2,1-3H3,(H,30,34)/t13-,16-/m0/s1. The summed E-state index contributed by atoms with van der Waals surface area (Å²) in [5, 5.41) is 3.02. The number of nitrogens with zero attached hydrogens (tertiary/aromatic N) is 3. The van der Waals surface area contributed by atoms with E-state index in [2.05, 4.69) is 15.3 Å². The molecule has 1 aliphatic rings. The number of pyridine rings is 1. The lowest BCUT2D eigenvalue weighted by atomic mass is 10.1. The molecule has 2 aromatic heterocycles. The number of likely N-dealkylation sites (tertiary alicyclic amines) is 1. The number of oxazole rings is 1. The number of methoxy groups -OCH3 is 1. The predicted molar refractivity (Wildman–Crippen MR) is 129 cm³/mol. The average molecular weight is 520 g/mol. The van der Waals surface area contributed by atoms with Crippen LogP contribution in [0, 0.1) is 0 Å². The molecule has 3 heterocycles. The third-order valence-electron chi connectivity index (χ3n) is 6.27. The Bertz CT molecular complexity index is 1320. The Kier molecular flexibility index (Phi) is 7.39. The van der Waals surface area contributed by atoms with Gasteiger partial charge in [0.1, 0.15) is 23.0 Å². The summed E-state index contributed by atoms with van der Waals surface area (Å²) >= 11 is 0. The molecule has 3 N–H and O–H groups in total. The van der Waals surface area contributed by atoms with E-state index in [9.17, 15) is 22.8 Å². The summed E-state index contributed by atoms with van der Waals surface area (Å²) < 4.78 is 50.9. The molecule has 1 saturated heterocycles. The molecule has 1 aromatic carbocycles. The van der Waals surface area contributed by atoms with E-state index in [1.165, 1.54) is 19.2 Å². The zero-order valence-corrected chi connectivity index (χ0v) is 20.7. The van der Waals surface area contributed by atoms with Crippen LogP contribution in [-0.4, -0.2) is 52.9 Å². The molecule has 0 spiro atoms. The molecule has 3 aromatic rings. The SMILES string of the molecule is CC[C@H](NC(=O)c1nc(-c2ccc(OC)c3nc(C(F)(F)F)ccc23)oc1[C@H](C)N)C(=O)N1CCCC1. The first-order valence-corrected chi connectivity index (χ1v) is 12.0. The lowest BCUT2D eigenvalue weighted by Gasteiger charge is -2.22. The Morgan fingerprint density at radius 3 is 2.49 bits per heavy atom. The fraction of sp³-hybridized carbons (Fsp3) is 0.440. The highest BCUT2D eigenvalue weighted by Gasteiger charge is 2.34. The zero-order chi connectivity index (χ0) is 26.9. The van der Waals surface area contributed by atoms with Gasteiger partial charge in [0.05, 0.1) is 13.2 Å². The topological polar surface area (TPSA) is 124 Å².